The summed E-state index contributed by atoms with van der Waals surface area (Å²) in [5.74, 6) is 0. The van der Waals surface area contributed by atoms with Crippen LogP contribution in [0.3, 0.4) is 0 Å². The van der Waals surface area contributed by atoms with Gasteiger partial charge in [0, 0.05) is 31.2 Å². The molecule has 2 rings (SSSR count). The van der Waals surface area contributed by atoms with Gasteiger partial charge >= 0.3 is 0 Å². The van der Waals surface area contributed by atoms with Gasteiger partial charge in [0.05, 0.1) is 11.6 Å². The van der Waals surface area contributed by atoms with Crippen molar-refractivity contribution >= 4 is 5.69 Å². The molecule has 0 aliphatic carbocycles. The Labute approximate surface area is 101 Å². The third kappa shape index (κ3) is 2.88. The summed E-state index contributed by atoms with van der Waals surface area (Å²) in [7, 11) is 0. The fourth-order valence-electron chi connectivity index (χ4n) is 1.69. The van der Waals surface area contributed by atoms with Crippen LogP contribution >= 0.6 is 0 Å². The van der Waals surface area contributed by atoms with E-state index in [0.29, 0.717) is 5.56 Å². The molecule has 0 fully saturated rings. The van der Waals surface area contributed by atoms with Gasteiger partial charge in [-0.1, -0.05) is 6.07 Å². The van der Waals surface area contributed by atoms with Crippen molar-refractivity contribution in [1.82, 2.24) is 4.57 Å². The number of hydrogen-bond donors (Lipinski definition) is 1. The maximum atomic E-state index is 8.80. The Balaban J connectivity index is 1.99. The zero-order valence-electron chi connectivity index (χ0n) is 9.85. The molecule has 1 aromatic carbocycles. The van der Waals surface area contributed by atoms with E-state index in [4.69, 9.17) is 5.26 Å². The predicted molar refractivity (Wildman–Crippen MR) is 68.6 cm³/mol. The average molecular weight is 225 g/mol. The van der Waals surface area contributed by atoms with E-state index in [2.05, 4.69) is 41.3 Å². The lowest BCUT2D eigenvalue weighted by Crippen LogP contribution is -1.98. The van der Waals surface area contributed by atoms with Gasteiger partial charge in [0.2, 0.25) is 0 Å². The molecule has 1 heterocycles. The topological polar surface area (TPSA) is 40.8 Å². The van der Waals surface area contributed by atoms with Gasteiger partial charge in [0.25, 0.3) is 0 Å². The van der Waals surface area contributed by atoms with Crippen molar-refractivity contribution in [2.24, 2.45) is 0 Å². The minimum atomic E-state index is 0.682. The first-order valence-corrected chi connectivity index (χ1v) is 5.70. The summed E-state index contributed by atoms with van der Waals surface area (Å²) < 4.78 is 2.14. The van der Waals surface area contributed by atoms with E-state index in [0.717, 1.165) is 18.8 Å². The smallest absolute Gasteiger partial charge is 0.0992 e. The van der Waals surface area contributed by atoms with E-state index < -0.39 is 0 Å². The fraction of sp³-hybridized carbons (Fsp3) is 0.214. The number of nitriles is 1. The molecule has 0 amide bonds. The molecule has 1 aromatic heterocycles. The number of anilines is 1. The van der Waals surface area contributed by atoms with Gasteiger partial charge in [-0.2, -0.15) is 5.26 Å². The SMILES string of the molecule is CCn1ccc(CNc2cccc(C#N)c2)c1. The van der Waals surface area contributed by atoms with E-state index in [1.54, 1.807) is 6.07 Å². The molecule has 0 bridgehead atoms. The van der Waals surface area contributed by atoms with E-state index in [9.17, 15) is 0 Å². The highest BCUT2D eigenvalue weighted by atomic mass is 14.9. The first-order chi connectivity index (χ1) is 8.31. The molecule has 0 aliphatic rings. The number of aryl methyl sites for hydroxylation is 1. The van der Waals surface area contributed by atoms with E-state index in [1.807, 2.05) is 18.2 Å². The molecule has 1 N–H and O–H groups in total. The predicted octanol–water partition coefficient (Wildman–Crippen LogP) is 2.99. The van der Waals surface area contributed by atoms with Gasteiger partial charge in [-0.05, 0) is 36.8 Å². The molecule has 86 valence electrons. The summed E-state index contributed by atoms with van der Waals surface area (Å²) in [4.78, 5) is 0. The molecular weight excluding hydrogens is 210 g/mol. The Morgan fingerprint density at radius 2 is 2.24 bits per heavy atom. The number of rotatable bonds is 4. The molecule has 0 unspecified atom stereocenters. The minimum Gasteiger partial charge on any atom is -0.381 e. The van der Waals surface area contributed by atoms with Crippen LogP contribution in [0.1, 0.15) is 18.1 Å². The molecule has 3 nitrogen and oxygen atoms in total. The normalized spacial score (nSPS) is 9.88. The van der Waals surface area contributed by atoms with Crippen LogP contribution in [0.4, 0.5) is 5.69 Å². The van der Waals surface area contributed by atoms with Gasteiger partial charge in [0.1, 0.15) is 0 Å². The largest absolute Gasteiger partial charge is 0.381 e. The first-order valence-electron chi connectivity index (χ1n) is 5.70. The Bertz CT molecular complexity index is 534. The maximum Gasteiger partial charge on any atom is 0.0992 e. The van der Waals surface area contributed by atoms with Gasteiger partial charge in [0.15, 0.2) is 0 Å². The quantitative estimate of drug-likeness (QED) is 0.869. The summed E-state index contributed by atoms with van der Waals surface area (Å²) in [6.07, 6.45) is 4.20. The Hall–Kier alpha value is -2.21. The number of hydrogen-bond acceptors (Lipinski definition) is 2. The van der Waals surface area contributed by atoms with E-state index in [-0.39, 0.29) is 0 Å². The third-order valence-electron chi connectivity index (χ3n) is 2.67. The van der Waals surface area contributed by atoms with Gasteiger partial charge in [-0.3, -0.25) is 0 Å². The lowest BCUT2D eigenvalue weighted by atomic mass is 10.2. The van der Waals surface area contributed by atoms with Crippen LogP contribution < -0.4 is 5.32 Å². The van der Waals surface area contributed by atoms with E-state index >= 15 is 0 Å². The molecule has 0 saturated carbocycles. The molecule has 3 heteroatoms. The lowest BCUT2D eigenvalue weighted by molar-refractivity contribution is 0.766. The summed E-state index contributed by atoms with van der Waals surface area (Å²) in [5, 5.41) is 12.1. The van der Waals surface area contributed by atoms with Gasteiger partial charge in [-0.25, -0.2) is 0 Å². The van der Waals surface area contributed by atoms with Crippen LogP contribution in [0.15, 0.2) is 42.7 Å². The molecule has 2 aromatic rings. The van der Waals surface area contributed by atoms with Crippen molar-refractivity contribution in [2.45, 2.75) is 20.0 Å². The zero-order chi connectivity index (χ0) is 12.1. The number of benzene rings is 1. The number of nitrogens with zero attached hydrogens (tertiary/aromatic N) is 2. The van der Waals surface area contributed by atoms with Crippen molar-refractivity contribution in [3.8, 4) is 6.07 Å². The average Bonchev–Trinajstić information content (AvgIpc) is 2.84. The third-order valence-corrected chi connectivity index (χ3v) is 2.67. The van der Waals surface area contributed by atoms with Crippen LogP contribution in [0, 0.1) is 11.3 Å². The summed E-state index contributed by atoms with van der Waals surface area (Å²) in [6, 6.07) is 11.8. The summed E-state index contributed by atoms with van der Waals surface area (Å²) in [5.41, 5.74) is 2.91. The molecule has 17 heavy (non-hydrogen) atoms. The second-order valence-corrected chi connectivity index (χ2v) is 3.90. The fourth-order valence-corrected chi connectivity index (χ4v) is 1.69. The second kappa shape index (κ2) is 5.22. The van der Waals surface area contributed by atoms with Gasteiger partial charge < -0.3 is 9.88 Å². The van der Waals surface area contributed by atoms with Crippen LogP contribution in [0.2, 0.25) is 0 Å². The van der Waals surface area contributed by atoms with E-state index in [1.165, 1.54) is 5.56 Å². The highest BCUT2D eigenvalue weighted by molar-refractivity contribution is 5.49. The number of nitrogens with one attached hydrogen (secondary N) is 1. The van der Waals surface area contributed by atoms with Crippen molar-refractivity contribution in [1.29, 1.82) is 5.26 Å². The van der Waals surface area contributed by atoms with Crippen LogP contribution in [-0.2, 0) is 13.1 Å². The lowest BCUT2D eigenvalue weighted by Gasteiger charge is -2.04. The highest BCUT2D eigenvalue weighted by Crippen LogP contribution is 2.11. The zero-order valence-corrected chi connectivity index (χ0v) is 9.85. The first kappa shape index (κ1) is 11.3. The van der Waals surface area contributed by atoms with Crippen molar-refractivity contribution < 1.29 is 0 Å². The highest BCUT2D eigenvalue weighted by Gasteiger charge is 1.97. The summed E-state index contributed by atoms with van der Waals surface area (Å²) in [6.45, 7) is 3.89. The van der Waals surface area contributed by atoms with Crippen molar-refractivity contribution in [3.63, 3.8) is 0 Å². The molecule has 0 radical (unpaired) electrons. The molecular formula is C14H15N3. The minimum absolute atomic E-state index is 0.682. The molecule has 0 atom stereocenters. The Morgan fingerprint density at radius 3 is 2.94 bits per heavy atom. The van der Waals surface area contributed by atoms with Crippen LogP contribution in [0.25, 0.3) is 0 Å². The van der Waals surface area contributed by atoms with Crippen LogP contribution in [0.5, 0.6) is 0 Å². The standard InChI is InChI=1S/C14H15N3/c1-2-17-7-6-13(11-17)10-16-14-5-3-4-12(8-14)9-15/h3-8,11,16H,2,10H2,1H3. The second-order valence-electron chi connectivity index (χ2n) is 3.90. The Kier molecular flexibility index (Phi) is 3.46. The van der Waals surface area contributed by atoms with Crippen LogP contribution in [-0.4, -0.2) is 4.57 Å². The number of aromatic nitrogens is 1. The monoisotopic (exact) mass is 225 g/mol. The van der Waals surface area contributed by atoms with Crippen molar-refractivity contribution in [3.05, 3.63) is 53.9 Å². The van der Waals surface area contributed by atoms with Gasteiger partial charge in [-0.15, -0.1) is 0 Å². The maximum absolute atomic E-state index is 8.80. The van der Waals surface area contributed by atoms with Crippen molar-refractivity contribution in [2.75, 3.05) is 5.32 Å². The molecule has 0 aliphatic heterocycles. The Morgan fingerprint density at radius 1 is 1.35 bits per heavy atom. The summed E-state index contributed by atoms with van der Waals surface area (Å²) >= 11 is 0. The molecule has 0 saturated heterocycles. The molecule has 0 spiro atoms.